The van der Waals surface area contributed by atoms with E-state index in [0.29, 0.717) is 17.0 Å². The number of hydrogen-bond acceptors (Lipinski definition) is 0. The highest BCUT2D eigenvalue weighted by molar-refractivity contribution is 6.34. The predicted octanol–water partition coefficient (Wildman–Crippen LogP) is 4.00. The van der Waals surface area contributed by atoms with Crippen molar-refractivity contribution in [3.63, 3.8) is 0 Å². The van der Waals surface area contributed by atoms with Gasteiger partial charge < -0.3 is 0 Å². The predicted molar refractivity (Wildman–Crippen MR) is 50.5 cm³/mol. The minimum atomic E-state index is -0.402. The van der Waals surface area contributed by atoms with Crippen molar-refractivity contribution in [2.24, 2.45) is 0 Å². The Bertz CT molecular complexity index is 308. The highest BCUT2D eigenvalue weighted by Crippen LogP contribution is 2.28. The average molecular weight is 207 g/mol. The molecule has 1 aromatic carbocycles. The van der Waals surface area contributed by atoms with Crippen LogP contribution in [0.3, 0.4) is 0 Å². The third-order valence-corrected chi connectivity index (χ3v) is 2.65. The molecule has 0 atom stereocenters. The number of benzene rings is 1. The molecule has 0 radical (unpaired) electrons. The monoisotopic (exact) mass is 206 g/mol. The van der Waals surface area contributed by atoms with Gasteiger partial charge in [0, 0.05) is 10.6 Å². The molecule has 0 saturated heterocycles. The molecule has 0 amide bonds. The Hall–Kier alpha value is -0.270. The maximum atomic E-state index is 13.2. The highest BCUT2D eigenvalue weighted by atomic mass is 35.5. The number of rotatable bonds is 1. The zero-order valence-electron chi connectivity index (χ0n) is 6.92. The smallest absolute Gasteiger partial charge is 0.146 e. The first-order valence-corrected chi connectivity index (χ1v) is 4.46. The molecular weight excluding hydrogens is 198 g/mol. The van der Waals surface area contributed by atoms with Crippen LogP contribution >= 0.6 is 23.2 Å². The van der Waals surface area contributed by atoms with Crippen molar-refractivity contribution in [2.45, 2.75) is 20.3 Å². The lowest BCUT2D eigenvalue weighted by Gasteiger charge is -2.06. The second-order valence-electron chi connectivity index (χ2n) is 2.62. The number of hydrogen-bond donors (Lipinski definition) is 0. The Morgan fingerprint density at radius 3 is 2.50 bits per heavy atom. The summed E-state index contributed by atoms with van der Waals surface area (Å²) in [7, 11) is 0. The molecule has 66 valence electrons. The molecule has 0 aromatic heterocycles. The van der Waals surface area contributed by atoms with E-state index in [9.17, 15) is 4.39 Å². The first-order chi connectivity index (χ1) is 5.57. The standard InChI is InChI=1S/C9H9Cl2F/c1-3-6-4-7(10)5(2)9(12)8(6)11/h4H,3H2,1-2H3. The van der Waals surface area contributed by atoms with E-state index >= 15 is 0 Å². The molecule has 0 bridgehead atoms. The fourth-order valence-corrected chi connectivity index (χ4v) is 1.54. The van der Waals surface area contributed by atoms with Gasteiger partial charge >= 0.3 is 0 Å². The summed E-state index contributed by atoms with van der Waals surface area (Å²) in [6.45, 7) is 3.52. The van der Waals surface area contributed by atoms with Crippen LogP contribution in [-0.2, 0) is 6.42 Å². The number of halogens is 3. The molecule has 1 aromatic rings. The fourth-order valence-electron chi connectivity index (χ4n) is 0.992. The summed E-state index contributed by atoms with van der Waals surface area (Å²) in [5.74, 6) is -0.402. The van der Waals surface area contributed by atoms with Crippen LogP contribution in [0.4, 0.5) is 4.39 Å². The second-order valence-corrected chi connectivity index (χ2v) is 3.41. The molecule has 0 aliphatic rings. The van der Waals surface area contributed by atoms with Gasteiger partial charge in [0.25, 0.3) is 0 Å². The summed E-state index contributed by atoms with van der Waals surface area (Å²) in [6, 6.07) is 1.71. The van der Waals surface area contributed by atoms with E-state index in [0.717, 1.165) is 5.56 Å². The highest BCUT2D eigenvalue weighted by Gasteiger charge is 2.11. The van der Waals surface area contributed by atoms with Crippen LogP contribution in [0.2, 0.25) is 10.0 Å². The Morgan fingerprint density at radius 2 is 2.00 bits per heavy atom. The van der Waals surface area contributed by atoms with Gasteiger partial charge in [0.2, 0.25) is 0 Å². The molecule has 0 aliphatic heterocycles. The summed E-state index contributed by atoms with van der Waals surface area (Å²) < 4.78 is 13.2. The van der Waals surface area contributed by atoms with Crippen LogP contribution in [0.25, 0.3) is 0 Å². The Labute approximate surface area is 81.3 Å². The fraction of sp³-hybridized carbons (Fsp3) is 0.333. The Morgan fingerprint density at radius 1 is 1.42 bits per heavy atom. The largest absolute Gasteiger partial charge is 0.205 e. The van der Waals surface area contributed by atoms with Gasteiger partial charge in [-0.3, -0.25) is 0 Å². The van der Waals surface area contributed by atoms with Gasteiger partial charge in [0.05, 0.1) is 5.02 Å². The Balaban J connectivity index is 3.39. The summed E-state index contributed by atoms with van der Waals surface area (Å²) in [4.78, 5) is 0. The van der Waals surface area contributed by atoms with Gasteiger partial charge in [0.15, 0.2) is 0 Å². The maximum Gasteiger partial charge on any atom is 0.146 e. The number of aryl methyl sites for hydroxylation is 1. The van der Waals surface area contributed by atoms with Crippen molar-refractivity contribution in [1.29, 1.82) is 0 Å². The van der Waals surface area contributed by atoms with Crippen molar-refractivity contribution in [3.05, 3.63) is 33.1 Å². The third kappa shape index (κ3) is 1.57. The zero-order chi connectivity index (χ0) is 9.30. The lowest BCUT2D eigenvalue weighted by Crippen LogP contribution is -1.91. The van der Waals surface area contributed by atoms with E-state index in [1.165, 1.54) is 0 Å². The summed E-state index contributed by atoms with van der Waals surface area (Å²) in [5.41, 5.74) is 1.17. The lowest BCUT2D eigenvalue weighted by molar-refractivity contribution is 0.617. The summed E-state index contributed by atoms with van der Waals surface area (Å²) in [6.07, 6.45) is 0.690. The van der Waals surface area contributed by atoms with Crippen LogP contribution in [0, 0.1) is 12.7 Å². The summed E-state index contributed by atoms with van der Waals surface area (Å²) >= 11 is 11.5. The topological polar surface area (TPSA) is 0 Å². The molecule has 0 N–H and O–H groups in total. The van der Waals surface area contributed by atoms with Gasteiger partial charge in [-0.1, -0.05) is 30.1 Å². The van der Waals surface area contributed by atoms with E-state index in [1.807, 2.05) is 6.92 Å². The quantitative estimate of drug-likeness (QED) is 0.610. The minimum absolute atomic E-state index is 0.194. The van der Waals surface area contributed by atoms with Gasteiger partial charge in [-0.05, 0) is 25.0 Å². The zero-order valence-corrected chi connectivity index (χ0v) is 8.43. The van der Waals surface area contributed by atoms with E-state index in [-0.39, 0.29) is 5.02 Å². The van der Waals surface area contributed by atoms with E-state index < -0.39 is 5.82 Å². The molecule has 12 heavy (non-hydrogen) atoms. The van der Waals surface area contributed by atoms with Gasteiger partial charge in [-0.15, -0.1) is 0 Å². The van der Waals surface area contributed by atoms with Crippen molar-refractivity contribution in [1.82, 2.24) is 0 Å². The average Bonchev–Trinajstić information content (AvgIpc) is 2.08. The molecule has 3 heteroatoms. The van der Waals surface area contributed by atoms with Crippen molar-refractivity contribution in [2.75, 3.05) is 0 Å². The first kappa shape index (κ1) is 9.82. The van der Waals surface area contributed by atoms with E-state index in [4.69, 9.17) is 23.2 Å². The van der Waals surface area contributed by atoms with Crippen LogP contribution in [0.1, 0.15) is 18.1 Å². The van der Waals surface area contributed by atoms with E-state index in [2.05, 4.69) is 0 Å². The molecule has 1 rings (SSSR count). The molecule has 0 nitrogen and oxygen atoms in total. The van der Waals surface area contributed by atoms with Gasteiger partial charge in [-0.2, -0.15) is 0 Å². The third-order valence-electron chi connectivity index (χ3n) is 1.84. The lowest BCUT2D eigenvalue weighted by atomic mass is 10.1. The van der Waals surface area contributed by atoms with Crippen molar-refractivity contribution < 1.29 is 4.39 Å². The van der Waals surface area contributed by atoms with Crippen molar-refractivity contribution in [3.8, 4) is 0 Å². The molecule has 0 aliphatic carbocycles. The van der Waals surface area contributed by atoms with Crippen LogP contribution in [-0.4, -0.2) is 0 Å². The molecule has 0 saturated carbocycles. The SMILES string of the molecule is CCc1cc(Cl)c(C)c(F)c1Cl. The van der Waals surface area contributed by atoms with E-state index in [1.54, 1.807) is 13.0 Å². The molecular formula is C9H9Cl2F. The second kappa shape index (κ2) is 3.63. The van der Waals surface area contributed by atoms with Gasteiger partial charge in [0.1, 0.15) is 5.82 Å². The molecule has 0 unspecified atom stereocenters. The normalized spacial score (nSPS) is 10.4. The van der Waals surface area contributed by atoms with Gasteiger partial charge in [-0.25, -0.2) is 4.39 Å². The molecule has 0 fully saturated rings. The van der Waals surface area contributed by atoms with Crippen molar-refractivity contribution >= 4 is 23.2 Å². The van der Waals surface area contributed by atoms with Crippen LogP contribution in [0.15, 0.2) is 6.07 Å². The summed E-state index contributed by atoms with van der Waals surface area (Å²) in [5, 5.41) is 0.633. The van der Waals surface area contributed by atoms with Crippen LogP contribution < -0.4 is 0 Å². The maximum absolute atomic E-state index is 13.2. The van der Waals surface area contributed by atoms with Crippen LogP contribution in [0.5, 0.6) is 0 Å². The molecule has 0 heterocycles. The Kier molecular flexibility index (Phi) is 2.97. The molecule has 0 spiro atoms. The first-order valence-electron chi connectivity index (χ1n) is 3.70. The minimum Gasteiger partial charge on any atom is -0.205 e.